The molecule has 0 bridgehead atoms. The van der Waals surface area contributed by atoms with Crippen LogP contribution in [0, 0.1) is 0 Å². The maximum absolute atomic E-state index is 11.7. The summed E-state index contributed by atoms with van der Waals surface area (Å²) in [6, 6.07) is 6.79. The van der Waals surface area contributed by atoms with E-state index < -0.39 is 5.97 Å². The van der Waals surface area contributed by atoms with E-state index in [0.29, 0.717) is 10.7 Å². The van der Waals surface area contributed by atoms with Gasteiger partial charge in [-0.15, -0.1) is 5.10 Å². The number of hydrogen-bond donors (Lipinski definition) is 2. The van der Waals surface area contributed by atoms with Gasteiger partial charge in [-0.2, -0.15) is 0 Å². The van der Waals surface area contributed by atoms with Gasteiger partial charge in [-0.1, -0.05) is 28.9 Å². The molecular weight excluding hydrogens is 272 g/mol. The Morgan fingerprint density at radius 2 is 2.11 bits per heavy atom. The van der Waals surface area contributed by atoms with E-state index in [1.165, 1.54) is 6.20 Å². The lowest BCUT2D eigenvalue weighted by Gasteiger charge is -2.06. The van der Waals surface area contributed by atoms with Gasteiger partial charge in [0.1, 0.15) is 6.54 Å². The second kappa shape index (κ2) is 5.49. The molecule has 0 spiro atoms. The van der Waals surface area contributed by atoms with E-state index in [9.17, 15) is 9.59 Å². The van der Waals surface area contributed by atoms with Crippen LogP contribution >= 0.6 is 11.6 Å². The zero-order chi connectivity index (χ0) is 13.8. The van der Waals surface area contributed by atoms with Crippen molar-refractivity contribution in [2.24, 2.45) is 0 Å². The van der Waals surface area contributed by atoms with Crippen molar-refractivity contribution in [1.29, 1.82) is 0 Å². The standard InChI is InChI=1S/C11H9ClN4O3/c12-7-3-1-2-4-8(7)13-10(17)6-16-5-9(11(18)19)14-15-16/h1-5H,6H2,(H,13,17)(H,18,19). The Labute approximate surface area is 112 Å². The van der Waals surface area contributed by atoms with Crippen molar-refractivity contribution < 1.29 is 14.7 Å². The van der Waals surface area contributed by atoms with E-state index in [-0.39, 0.29) is 18.1 Å². The molecule has 0 saturated heterocycles. The van der Waals surface area contributed by atoms with E-state index >= 15 is 0 Å². The Balaban J connectivity index is 2.01. The number of carbonyl (C=O) groups excluding carboxylic acids is 1. The fraction of sp³-hybridized carbons (Fsp3) is 0.0909. The number of para-hydroxylation sites is 1. The number of aromatic carboxylic acids is 1. The minimum atomic E-state index is -1.20. The first-order valence-electron chi connectivity index (χ1n) is 5.24. The minimum Gasteiger partial charge on any atom is -0.476 e. The third kappa shape index (κ3) is 3.29. The number of carbonyl (C=O) groups is 2. The van der Waals surface area contributed by atoms with Crippen LogP contribution < -0.4 is 5.32 Å². The van der Waals surface area contributed by atoms with Crippen molar-refractivity contribution in [1.82, 2.24) is 15.0 Å². The molecule has 0 aliphatic carbocycles. The number of aromatic nitrogens is 3. The van der Waals surface area contributed by atoms with Crippen molar-refractivity contribution in [2.45, 2.75) is 6.54 Å². The predicted octanol–water partition coefficient (Wildman–Crippen LogP) is 1.27. The van der Waals surface area contributed by atoms with Gasteiger partial charge in [0.05, 0.1) is 16.9 Å². The predicted molar refractivity (Wildman–Crippen MR) is 67.1 cm³/mol. The smallest absolute Gasteiger partial charge is 0.358 e. The lowest BCUT2D eigenvalue weighted by atomic mass is 10.3. The maximum atomic E-state index is 11.7. The number of carboxylic acid groups (broad SMARTS) is 1. The summed E-state index contributed by atoms with van der Waals surface area (Å²) >= 11 is 5.89. The van der Waals surface area contributed by atoms with E-state index in [4.69, 9.17) is 16.7 Å². The summed E-state index contributed by atoms with van der Waals surface area (Å²) < 4.78 is 1.13. The van der Waals surface area contributed by atoms with Gasteiger partial charge in [0.25, 0.3) is 0 Å². The van der Waals surface area contributed by atoms with Crippen LogP contribution in [0.4, 0.5) is 5.69 Å². The van der Waals surface area contributed by atoms with Crippen molar-refractivity contribution in [3.63, 3.8) is 0 Å². The molecule has 98 valence electrons. The molecule has 0 aliphatic heterocycles. The average Bonchev–Trinajstić information content (AvgIpc) is 2.80. The number of amides is 1. The summed E-state index contributed by atoms with van der Waals surface area (Å²) in [5.41, 5.74) is 0.262. The fourth-order valence-electron chi connectivity index (χ4n) is 1.37. The van der Waals surface area contributed by atoms with Crippen LogP contribution in [0.5, 0.6) is 0 Å². The number of carboxylic acids is 1. The summed E-state index contributed by atoms with van der Waals surface area (Å²) in [7, 11) is 0. The molecule has 2 aromatic rings. The van der Waals surface area contributed by atoms with Crippen LogP contribution in [0.25, 0.3) is 0 Å². The molecule has 2 N–H and O–H groups in total. The lowest BCUT2D eigenvalue weighted by molar-refractivity contribution is -0.116. The molecule has 1 amide bonds. The Morgan fingerprint density at radius 3 is 2.74 bits per heavy atom. The molecule has 2 rings (SSSR count). The zero-order valence-corrected chi connectivity index (χ0v) is 10.3. The highest BCUT2D eigenvalue weighted by Gasteiger charge is 2.11. The molecule has 8 heteroatoms. The zero-order valence-electron chi connectivity index (χ0n) is 9.58. The molecule has 7 nitrogen and oxygen atoms in total. The Bertz CT molecular complexity index is 626. The SMILES string of the molecule is O=C(Cn1cc(C(=O)O)nn1)Nc1ccccc1Cl. The molecule has 0 saturated carbocycles. The number of rotatable bonds is 4. The van der Waals surface area contributed by atoms with Crippen molar-refractivity contribution >= 4 is 29.2 Å². The van der Waals surface area contributed by atoms with Crippen LogP contribution in [-0.2, 0) is 11.3 Å². The van der Waals surface area contributed by atoms with Crippen LogP contribution in [0.15, 0.2) is 30.5 Å². The molecule has 19 heavy (non-hydrogen) atoms. The first-order chi connectivity index (χ1) is 9.06. The van der Waals surface area contributed by atoms with E-state index in [0.717, 1.165) is 4.68 Å². The second-order valence-corrected chi connectivity index (χ2v) is 4.04. The van der Waals surface area contributed by atoms with Gasteiger partial charge >= 0.3 is 5.97 Å². The number of hydrogen-bond acceptors (Lipinski definition) is 4. The molecule has 1 aromatic carbocycles. The normalized spacial score (nSPS) is 10.2. The number of nitrogens with zero attached hydrogens (tertiary/aromatic N) is 3. The quantitative estimate of drug-likeness (QED) is 0.879. The monoisotopic (exact) mass is 280 g/mol. The molecule has 0 radical (unpaired) electrons. The van der Waals surface area contributed by atoms with Gasteiger partial charge in [-0.25, -0.2) is 9.48 Å². The summed E-state index contributed by atoms with van der Waals surface area (Å²) in [6.07, 6.45) is 1.18. The summed E-state index contributed by atoms with van der Waals surface area (Å²) in [5, 5.41) is 18.6. The Kier molecular flexibility index (Phi) is 3.76. The van der Waals surface area contributed by atoms with Crippen molar-refractivity contribution in [3.8, 4) is 0 Å². The minimum absolute atomic E-state index is 0.147. The van der Waals surface area contributed by atoms with Crippen LogP contribution in [0.1, 0.15) is 10.5 Å². The highest BCUT2D eigenvalue weighted by molar-refractivity contribution is 6.33. The lowest BCUT2D eigenvalue weighted by Crippen LogP contribution is -2.19. The first-order valence-corrected chi connectivity index (χ1v) is 5.62. The van der Waals surface area contributed by atoms with Gasteiger partial charge in [0, 0.05) is 0 Å². The van der Waals surface area contributed by atoms with Gasteiger partial charge in [-0.3, -0.25) is 4.79 Å². The van der Waals surface area contributed by atoms with E-state index in [1.54, 1.807) is 24.3 Å². The summed E-state index contributed by atoms with van der Waals surface area (Å²) in [4.78, 5) is 22.3. The van der Waals surface area contributed by atoms with Crippen LogP contribution in [0.2, 0.25) is 5.02 Å². The number of benzene rings is 1. The molecule has 0 atom stereocenters. The van der Waals surface area contributed by atoms with Crippen LogP contribution in [0.3, 0.4) is 0 Å². The third-order valence-electron chi connectivity index (χ3n) is 2.21. The van der Waals surface area contributed by atoms with Crippen LogP contribution in [-0.4, -0.2) is 32.0 Å². The highest BCUT2D eigenvalue weighted by Crippen LogP contribution is 2.20. The third-order valence-corrected chi connectivity index (χ3v) is 2.54. The second-order valence-electron chi connectivity index (χ2n) is 3.63. The molecule has 0 aliphatic rings. The van der Waals surface area contributed by atoms with E-state index in [1.807, 2.05) is 0 Å². The first kappa shape index (κ1) is 13.0. The highest BCUT2D eigenvalue weighted by atomic mass is 35.5. The molecule has 0 fully saturated rings. The van der Waals surface area contributed by atoms with Gasteiger partial charge in [-0.05, 0) is 12.1 Å². The summed E-state index contributed by atoms with van der Waals surface area (Å²) in [5.74, 6) is -1.58. The largest absolute Gasteiger partial charge is 0.476 e. The Morgan fingerprint density at radius 1 is 1.37 bits per heavy atom. The molecule has 1 heterocycles. The van der Waals surface area contributed by atoms with Gasteiger partial charge < -0.3 is 10.4 Å². The summed E-state index contributed by atoms with van der Waals surface area (Å²) in [6.45, 7) is -0.147. The maximum Gasteiger partial charge on any atom is 0.358 e. The average molecular weight is 281 g/mol. The number of halogens is 1. The fourth-order valence-corrected chi connectivity index (χ4v) is 1.56. The molecule has 0 unspecified atom stereocenters. The van der Waals surface area contributed by atoms with Crippen molar-refractivity contribution in [2.75, 3.05) is 5.32 Å². The topological polar surface area (TPSA) is 97.1 Å². The Hall–Kier alpha value is -2.41. The van der Waals surface area contributed by atoms with Crippen molar-refractivity contribution in [3.05, 3.63) is 41.2 Å². The number of nitrogens with one attached hydrogen (secondary N) is 1. The molecular formula is C11H9ClN4O3. The van der Waals surface area contributed by atoms with Gasteiger partial charge in [0.15, 0.2) is 5.69 Å². The van der Waals surface area contributed by atoms with Gasteiger partial charge in [0.2, 0.25) is 5.91 Å². The molecule has 1 aromatic heterocycles. The number of anilines is 1. The van der Waals surface area contributed by atoms with E-state index in [2.05, 4.69) is 15.6 Å².